The number of pyridine rings is 1. The lowest BCUT2D eigenvalue weighted by atomic mass is 9.93. The monoisotopic (exact) mass is 343 g/mol. The van der Waals surface area contributed by atoms with E-state index in [1.165, 1.54) is 0 Å². The van der Waals surface area contributed by atoms with Gasteiger partial charge in [0.15, 0.2) is 0 Å². The Bertz CT molecular complexity index is 578. The Labute approximate surface area is 150 Å². The molecule has 1 spiro atoms. The van der Waals surface area contributed by atoms with Crippen LogP contribution < -0.4 is 5.32 Å². The second-order valence-electron chi connectivity index (χ2n) is 7.85. The Balaban J connectivity index is 1.51. The number of amides is 1. The molecule has 1 amide bonds. The first kappa shape index (κ1) is 17.0. The highest BCUT2D eigenvalue weighted by molar-refractivity contribution is 5.83. The zero-order valence-corrected chi connectivity index (χ0v) is 15.0. The molecule has 1 saturated carbocycles. The van der Waals surface area contributed by atoms with Gasteiger partial charge in [-0.1, -0.05) is 6.07 Å². The maximum atomic E-state index is 13.4. The third-order valence-electron chi connectivity index (χ3n) is 6.30. The van der Waals surface area contributed by atoms with Crippen LogP contribution in [0.2, 0.25) is 0 Å². The smallest absolute Gasteiger partial charge is 0.226 e. The SMILES string of the molecule is O=C(C1CC12CCOCC2)N(Cc1ccccn1)C1CCCNCC1. The minimum atomic E-state index is 0.205. The molecule has 1 aromatic heterocycles. The standard InChI is InChI=1S/C20H29N3O2/c24-19(18-14-20(18)7-12-25-13-8-20)23(15-16-4-1-2-10-22-16)17-5-3-9-21-11-6-17/h1-2,4,10,17-18,21H,3,5-9,11-15H2. The zero-order valence-electron chi connectivity index (χ0n) is 15.0. The average Bonchev–Trinajstić information content (AvgIpc) is 3.40. The van der Waals surface area contributed by atoms with Crippen LogP contribution in [0.1, 0.15) is 44.2 Å². The molecule has 25 heavy (non-hydrogen) atoms. The Kier molecular flexibility index (Phi) is 5.04. The normalized spacial score (nSPS) is 28.3. The number of hydrogen-bond donors (Lipinski definition) is 1. The first-order valence-electron chi connectivity index (χ1n) is 9.77. The lowest BCUT2D eigenvalue weighted by Gasteiger charge is -2.32. The van der Waals surface area contributed by atoms with Gasteiger partial charge in [0, 0.05) is 31.4 Å². The summed E-state index contributed by atoms with van der Waals surface area (Å²) in [6.07, 6.45) is 8.25. The van der Waals surface area contributed by atoms with E-state index >= 15 is 0 Å². The van der Waals surface area contributed by atoms with E-state index in [0.717, 1.165) is 70.5 Å². The van der Waals surface area contributed by atoms with Crippen LogP contribution in [0, 0.1) is 11.3 Å². The summed E-state index contributed by atoms with van der Waals surface area (Å²) in [7, 11) is 0. The summed E-state index contributed by atoms with van der Waals surface area (Å²) in [4.78, 5) is 20.1. The molecule has 136 valence electrons. The van der Waals surface area contributed by atoms with Gasteiger partial charge >= 0.3 is 0 Å². The van der Waals surface area contributed by atoms with Crippen molar-refractivity contribution in [2.45, 2.75) is 51.1 Å². The quantitative estimate of drug-likeness (QED) is 0.912. The number of nitrogens with zero attached hydrogens (tertiary/aromatic N) is 2. The van der Waals surface area contributed by atoms with Crippen LogP contribution in [0.4, 0.5) is 0 Å². The largest absolute Gasteiger partial charge is 0.381 e. The number of hydrogen-bond acceptors (Lipinski definition) is 4. The first-order valence-corrected chi connectivity index (χ1v) is 9.77. The molecule has 3 aliphatic rings. The molecule has 0 radical (unpaired) electrons. The summed E-state index contributed by atoms with van der Waals surface area (Å²) < 4.78 is 5.52. The first-order chi connectivity index (χ1) is 12.3. The van der Waals surface area contributed by atoms with Crippen LogP contribution in [-0.2, 0) is 16.1 Å². The van der Waals surface area contributed by atoms with E-state index in [2.05, 4.69) is 15.2 Å². The predicted octanol–water partition coefficient (Wildman–Crippen LogP) is 2.37. The fourth-order valence-electron chi connectivity index (χ4n) is 4.59. The number of carbonyl (C=O) groups is 1. The number of rotatable bonds is 4. The van der Waals surface area contributed by atoms with Gasteiger partial charge in [-0.15, -0.1) is 0 Å². The molecule has 0 aromatic carbocycles. The molecule has 2 aliphatic heterocycles. The van der Waals surface area contributed by atoms with Crippen molar-refractivity contribution < 1.29 is 9.53 Å². The molecule has 2 saturated heterocycles. The highest BCUT2D eigenvalue weighted by Gasteiger charge is 2.59. The van der Waals surface area contributed by atoms with Gasteiger partial charge in [0.2, 0.25) is 5.91 Å². The van der Waals surface area contributed by atoms with E-state index in [1.54, 1.807) is 0 Å². The molecule has 1 aromatic rings. The Hall–Kier alpha value is -1.46. The highest BCUT2D eigenvalue weighted by atomic mass is 16.5. The summed E-state index contributed by atoms with van der Waals surface area (Å²) in [5, 5.41) is 3.47. The van der Waals surface area contributed by atoms with Crippen molar-refractivity contribution >= 4 is 5.91 Å². The van der Waals surface area contributed by atoms with Crippen molar-refractivity contribution in [3.8, 4) is 0 Å². The molecular formula is C20H29N3O2. The van der Waals surface area contributed by atoms with Crippen LogP contribution in [0.15, 0.2) is 24.4 Å². The lowest BCUT2D eigenvalue weighted by Crippen LogP contribution is -2.42. The van der Waals surface area contributed by atoms with E-state index in [-0.39, 0.29) is 11.3 Å². The van der Waals surface area contributed by atoms with Crippen LogP contribution >= 0.6 is 0 Å². The fraction of sp³-hybridized carbons (Fsp3) is 0.700. The Morgan fingerprint density at radius 3 is 2.96 bits per heavy atom. The third kappa shape index (κ3) is 3.72. The van der Waals surface area contributed by atoms with E-state index in [4.69, 9.17) is 4.74 Å². The van der Waals surface area contributed by atoms with Gasteiger partial charge in [-0.2, -0.15) is 0 Å². The van der Waals surface area contributed by atoms with Crippen LogP contribution in [0.25, 0.3) is 0 Å². The molecule has 3 heterocycles. The minimum absolute atomic E-state index is 0.205. The molecule has 5 nitrogen and oxygen atoms in total. The number of nitrogens with one attached hydrogen (secondary N) is 1. The van der Waals surface area contributed by atoms with Gasteiger partial charge in [0.1, 0.15) is 0 Å². The molecule has 2 atom stereocenters. The van der Waals surface area contributed by atoms with Crippen LogP contribution in [0.5, 0.6) is 0 Å². The summed E-state index contributed by atoms with van der Waals surface area (Å²) in [5.41, 5.74) is 1.23. The van der Waals surface area contributed by atoms with Gasteiger partial charge in [-0.05, 0) is 69.2 Å². The van der Waals surface area contributed by atoms with Crippen molar-refractivity contribution in [3.05, 3.63) is 30.1 Å². The van der Waals surface area contributed by atoms with Crippen molar-refractivity contribution in [1.29, 1.82) is 0 Å². The molecular weight excluding hydrogens is 314 g/mol. The van der Waals surface area contributed by atoms with Crippen molar-refractivity contribution in [1.82, 2.24) is 15.2 Å². The number of carbonyl (C=O) groups excluding carboxylic acids is 1. The number of ether oxygens (including phenoxy) is 1. The van der Waals surface area contributed by atoms with Gasteiger partial charge < -0.3 is 15.0 Å². The molecule has 5 heteroatoms. The molecule has 2 unspecified atom stereocenters. The molecule has 4 rings (SSSR count). The molecule has 1 N–H and O–H groups in total. The van der Waals surface area contributed by atoms with Crippen LogP contribution in [0.3, 0.4) is 0 Å². The summed E-state index contributed by atoms with van der Waals surface area (Å²) in [5.74, 6) is 0.566. The van der Waals surface area contributed by atoms with E-state index < -0.39 is 0 Å². The van der Waals surface area contributed by atoms with Gasteiger partial charge in [0.25, 0.3) is 0 Å². The maximum Gasteiger partial charge on any atom is 0.226 e. The average molecular weight is 343 g/mol. The minimum Gasteiger partial charge on any atom is -0.381 e. The van der Waals surface area contributed by atoms with E-state index in [0.29, 0.717) is 18.5 Å². The van der Waals surface area contributed by atoms with E-state index in [1.807, 2.05) is 24.4 Å². The van der Waals surface area contributed by atoms with E-state index in [9.17, 15) is 4.79 Å². The van der Waals surface area contributed by atoms with Gasteiger partial charge in [-0.25, -0.2) is 0 Å². The molecule has 3 fully saturated rings. The van der Waals surface area contributed by atoms with Gasteiger partial charge in [0.05, 0.1) is 12.2 Å². The summed E-state index contributed by atoms with van der Waals surface area (Å²) in [6.45, 7) is 4.34. The van der Waals surface area contributed by atoms with Crippen LogP contribution in [-0.4, -0.2) is 48.1 Å². The Morgan fingerprint density at radius 2 is 2.16 bits per heavy atom. The fourth-order valence-corrected chi connectivity index (χ4v) is 4.59. The topological polar surface area (TPSA) is 54.5 Å². The van der Waals surface area contributed by atoms with Crippen molar-refractivity contribution in [2.24, 2.45) is 11.3 Å². The second-order valence-corrected chi connectivity index (χ2v) is 7.85. The second kappa shape index (κ2) is 7.42. The van der Waals surface area contributed by atoms with Crippen molar-refractivity contribution in [3.63, 3.8) is 0 Å². The highest BCUT2D eigenvalue weighted by Crippen LogP contribution is 2.60. The summed E-state index contributed by atoms with van der Waals surface area (Å²) >= 11 is 0. The van der Waals surface area contributed by atoms with Crippen molar-refractivity contribution in [2.75, 3.05) is 26.3 Å². The predicted molar refractivity (Wildman–Crippen MR) is 95.9 cm³/mol. The van der Waals surface area contributed by atoms with Gasteiger partial charge in [-0.3, -0.25) is 9.78 Å². The zero-order chi connectivity index (χ0) is 17.1. The number of aromatic nitrogens is 1. The molecule has 0 bridgehead atoms. The Morgan fingerprint density at radius 1 is 1.28 bits per heavy atom. The lowest BCUT2D eigenvalue weighted by molar-refractivity contribution is -0.137. The summed E-state index contributed by atoms with van der Waals surface area (Å²) in [6, 6.07) is 6.31. The third-order valence-corrected chi connectivity index (χ3v) is 6.30. The molecule has 1 aliphatic carbocycles. The maximum absolute atomic E-state index is 13.4.